The highest BCUT2D eigenvalue weighted by Crippen LogP contribution is 2.04. The van der Waals surface area contributed by atoms with Crippen molar-refractivity contribution in [3.05, 3.63) is 6.20 Å². The number of hydrogen-bond donors (Lipinski definition) is 2. The van der Waals surface area contributed by atoms with Crippen molar-refractivity contribution in [2.75, 3.05) is 11.9 Å². The van der Waals surface area contributed by atoms with Gasteiger partial charge in [-0.2, -0.15) is 0 Å². The predicted molar refractivity (Wildman–Crippen MR) is 45.8 cm³/mol. The molecule has 1 unspecified atom stereocenters. The average Bonchev–Trinajstić information content (AvgIpc) is 2.37. The highest BCUT2D eigenvalue weighted by atomic mass is 16.3. The molecule has 0 saturated carbocycles. The first kappa shape index (κ1) is 8.99. The zero-order chi connectivity index (χ0) is 8.97. The topological polar surface area (TPSA) is 63.0 Å². The van der Waals surface area contributed by atoms with Crippen molar-refractivity contribution in [1.29, 1.82) is 0 Å². The maximum Gasteiger partial charge on any atom is 0.144 e. The Morgan fingerprint density at radius 1 is 1.75 bits per heavy atom. The lowest BCUT2D eigenvalue weighted by molar-refractivity contribution is 0.282. The summed E-state index contributed by atoms with van der Waals surface area (Å²) in [6.45, 7) is 2.20. The minimum atomic E-state index is 0.194. The molecule has 0 amide bonds. The van der Waals surface area contributed by atoms with Gasteiger partial charge in [-0.1, -0.05) is 5.21 Å². The number of aliphatic hydroxyl groups is 1. The molecule has 0 saturated heterocycles. The fourth-order valence-corrected chi connectivity index (χ4v) is 0.939. The number of nitrogens with one attached hydrogen (secondary N) is 1. The maximum absolute atomic E-state index is 8.66. The lowest BCUT2D eigenvalue weighted by Gasteiger charge is -2.12. The van der Waals surface area contributed by atoms with Gasteiger partial charge in [0.05, 0.1) is 6.20 Å². The molecular weight excluding hydrogens is 156 g/mol. The third-order valence-corrected chi connectivity index (χ3v) is 1.67. The molecule has 1 aromatic rings. The second-order valence-electron chi connectivity index (χ2n) is 2.80. The molecule has 0 aliphatic carbocycles. The van der Waals surface area contributed by atoms with Crippen molar-refractivity contribution in [1.82, 2.24) is 15.0 Å². The number of aryl methyl sites for hydroxylation is 1. The molecule has 5 nitrogen and oxygen atoms in total. The number of anilines is 1. The molecule has 5 heteroatoms. The summed E-state index contributed by atoms with van der Waals surface area (Å²) >= 11 is 0. The molecular formula is C7H14N4O. The van der Waals surface area contributed by atoms with E-state index in [0.29, 0.717) is 0 Å². The summed E-state index contributed by atoms with van der Waals surface area (Å²) in [6, 6.07) is 0.243. The fourth-order valence-electron chi connectivity index (χ4n) is 0.939. The van der Waals surface area contributed by atoms with Crippen molar-refractivity contribution in [3.8, 4) is 0 Å². The second kappa shape index (κ2) is 4.06. The van der Waals surface area contributed by atoms with E-state index < -0.39 is 0 Å². The molecule has 1 atom stereocenters. The van der Waals surface area contributed by atoms with Crippen LogP contribution in [0.25, 0.3) is 0 Å². The quantitative estimate of drug-likeness (QED) is 0.667. The third-order valence-electron chi connectivity index (χ3n) is 1.67. The van der Waals surface area contributed by atoms with Crippen molar-refractivity contribution in [2.24, 2.45) is 7.05 Å². The Morgan fingerprint density at radius 2 is 2.50 bits per heavy atom. The van der Waals surface area contributed by atoms with Crippen LogP contribution in [0.15, 0.2) is 6.20 Å². The predicted octanol–water partition coefficient (Wildman–Crippen LogP) is -0.00210. The van der Waals surface area contributed by atoms with Crippen molar-refractivity contribution in [3.63, 3.8) is 0 Å². The van der Waals surface area contributed by atoms with Gasteiger partial charge in [0.1, 0.15) is 5.82 Å². The minimum absolute atomic E-state index is 0.194. The standard InChI is InChI=1S/C7H14N4O/c1-6(3-4-12)9-7-5-8-10-11(7)2/h5-6,9,12H,3-4H2,1-2H3. The first-order chi connectivity index (χ1) is 5.74. The molecule has 68 valence electrons. The third kappa shape index (κ3) is 2.20. The van der Waals surface area contributed by atoms with Crippen molar-refractivity contribution >= 4 is 5.82 Å². The molecule has 0 radical (unpaired) electrons. The zero-order valence-corrected chi connectivity index (χ0v) is 7.36. The van der Waals surface area contributed by atoms with Crippen LogP contribution < -0.4 is 5.32 Å². The monoisotopic (exact) mass is 170 g/mol. The van der Waals surface area contributed by atoms with Gasteiger partial charge in [-0.3, -0.25) is 0 Å². The van der Waals surface area contributed by atoms with Gasteiger partial charge in [-0.25, -0.2) is 4.68 Å². The van der Waals surface area contributed by atoms with Crippen LogP contribution in [0.3, 0.4) is 0 Å². The summed E-state index contributed by atoms with van der Waals surface area (Å²) in [5.41, 5.74) is 0. The average molecular weight is 170 g/mol. The first-order valence-corrected chi connectivity index (χ1v) is 3.96. The van der Waals surface area contributed by atoms with Gasteiger partial charge in [0.15, 0.2) is 0 Å². The van der Waals surface area contributed by atoms with Crippen molar-refractivity contribution in [2.45, 2.75) is 19.4 Å². The van der Waals surface area contributed by atoms with Gasteiger partial charge < -0.3 is 10.4 Å². The number of rotatable bonds is 4. The number of hydrogen-bond acceptors (Lipinski definition) is 4. The maximum atomic E-state index is 8.66. The SMILES string of the molecule is CC(CCO)Nc1cnnn1C. The first-order valence-electron chi connectivity index (χ1n) is 3.96. The molecule has 0 bridgehead atoms. The Morgan fingerprint density at radius 3 is 3.00 bits per heavy atom. The minimum Gasteiger partial charge on any atom is -0.396 e. The summed E-state index contributed by atoms with van der Waals surface area (Å²) in [7, 11) is 1.82. The summed E-state index contributed by atoms with van der Waals surface area (Å²) in [4.78, 5) is 0. The number of aliphatic hydroxyl groups excluding tert-OH is 1. The Hall–Kier alpha value is -1.10. The molecule has 1 rings (SSSR count). The van der Waals surface area contributed by atoms with E-state index in [-0.39, 0.29) is 12.6 Å². The van der Waals surface area contributed by atoms with E-state index in [1.54, 1.807) is 10.9 Å². The molecule has 0 aromatic carbocycles. The van der Waals surface area contributed by atoms with Gasteiger partial charge in [0.25, 0.3) is 0 Å². The largest absolute Gasteiger partial charge is 0.396 e. The summed E-state index contributed by atoms with van der Waals surface area (Å²) < 4.78 is 1.66. The van der Waals surface area contributed by atoms with E-state index >= 15 is 0 Å². The van der Waals surface area contributed by atoms with E-state index in [9.17, 15) is 0 Å². The van der Waals surface area contributed by atoms with Crippen LogP contribution in [0.4, 0.5) is 5.82 Å². The van der Waals surface area contributed by atoms with Crippen molar-refractivity contribution < 1.29 is 5.11 Å². The fraction of sp³-hybridized carbons (Fsp3) is 0.714. The molecule has 0 aliphatic rings. The van der Waals surface area contributed by atoms with Crippen LogP contribution in [0.5, 0.6) is 0 Å². The van der Waals surface area contributed by atoms with Gasteiger partial charge >= 0.3 is 0 Å². The van der Waals surface area contributed by atoms with Crippen LogP contribution in [-0.2, 0) is 7.05 Å². The van der Waals surface area contributed by atoms with Crippen LogP contribution in [0.2, 0.25) is 0 Å². The molecule has 0 fully saturated rings. The molecule has 1 aromatic heterocycles. The second-order valence-corrected chi connectivity index (χ2v) is 2.80. The van der Waals surface area contributed by atoms with E-state index in [1.807, 2.05) is 14.0 Å². The molecule has 1 heterocycles. The van der Waals surface area contributed by atoms with E-state index in [2.05, 4.69) is 15.6 Å². The summed E-state index contributed by atoms with van der Waals surface area (Å²) in [5, 5.41) is 19.3. The summed E-state index contributed by atoms with van der Waals surface area (Å²) in [6.07, 6.45) is 2.39. The number of nitrogens with zero attached hydrogens (tertiary/aromatic N) is 3. The normalized spacial score (nSPS) is 12.9. The Labute approximate surface area is 71.4 Å². The van der Waals surface area contributed by atoms with Gasteiger partial charge in [-0.05, 0) is 13.3 Å². The zero-order valence-electron chi connectivity index (χ0n) is 7.36. The van der Waals surface area contributed by atoms with E-state index in [0.717, 1.165) is 12.2 Å². The Balaban J connectivity index is 2.46. The van der Waals surface area contributed by atoms with Crippen LogP contribution in [0.1, 0.15) is 13.3 Å². The van der Waals surface area contributed by atoms with Crippen LogP contribution in [-0.4, -0.2) is 32.7 Å². The van der Waals surface area contributed by atoms with E-state index in [1.165, 1.54) is 0 Å². The van der Waals surface area contributed by atoms with Gasteiger partial charge in [0.2, 0.25) is 0 Å². The highest BCUT2D eigenvalue weighted by Gasteiger charge is 2.03. The Kier molecular flexibility index (Phi) is 3.04. The van der Waals surface area contributed by atoms with Crippen LogP contribution in [0, 0.1) is 0 Å². The Bertz CT molecular complexity index is 235. The van der Waals surface area contributed by atoms with Crippen LogP contribution >= 0.6 is 0 Å². The molecule has 0 spiro atoms. The van der Waals surface area contributed by atoms with Gasteiger partial charge in [0, 0.05) is 19.7 Å². The molecule has 12 heavy (non-hydrogen) atoms. The smallest absolute Gasteiger partial charge is 0.144 e. The summed E-state index contributed by atoms with van der Waals surface area (Å²) in [5.74, 6) is 0.871. The molecule has 2 N–H and O–H groups in total. The highest BCUT2D eigenvalue weighted by molar-refractivity contribution is 5.31. The molecule has 0 aliphatic heterocycles. The lowest BCUT2D eigenvalue weighted by Crippen LogP contribution is -2.18. The lowest BCUT2D eigenvalue weighted by atomic mass is 10.2. The van der Waals surface area contributed by atoms with E-state index in [4.69, 9.17) is 5.11 Å². The van der Waals surface area contributed by atoms with Gasteiger partial charge in [-0.15, -0.1) is 5.10 Å². The number of aromatic nitrogens is 3.